The number of carbonyl (C=O) groups excluding carboxylic acids is 2. The molecule has 3 N–H and O–H groups in total. The van der Waals surface area contributed by atoms with Gasteiger partial charge in [0, 0.05) is 41.5 Å². The molecule has 2 aromatic carbocycles. The number of halogens is 2. The Kier molecular flexibility index (Phi) is 5.93. The molecule has 2 aliphatic heterocycles. The molecule has 11 heteroatoms. The number of nitrogens with two attached hydrogens (primary N) is 1. The van der Waals surface area contributed by atoms with Gasteiger partial charge in [-0.15, -0.1) is 0 Å². The molecule has 1 aliphatic carbocycles. The maximum Gasteiger partial charge on any atom is 0.269 e. The van der Waals surface area contributed by atoms with Crippen LogP contribution in [0.3, 0.4) is 0 Å². The average molecular weight is 587 g/mol. The van der Waals surface area contributed by atoms with Crippen molar-refractivity contribution in [1.82, 2.24) is 14.8 Å². The number of benzene rings is 2. The Hall–Kier alpha value is -4.28. The van der Waals surface area contributed by atoms with Gasteiger partial charge in [0.15, 0.2) is 5.69 Å². The molecule has 9 nitrogen and oxygen atoms in total. The van der Waals surface area contributed by atoms with Crippen LogP contribution in [-0.2, 0) is 17.6 Å². The minimum absolute atomic E-state index is 0.0353. The predicted molar refractivity (Wildman–Crippen MR) is 157 cm³/mol. The van der Waals surface area contributed by atoms with Crippen molar-refractivity contribution in [2.75, 3.05) is 29.9 Å². The molecule has 2 saturated heterocycles. The second-order valence-electron chi connectivity index (χ2n) is 11.7. The van der Waals surface area contributed by atoms with Crippen LogP contribution in [0.4, 0.5) is 15.9 Å². The molecule has 214 valence electrons. The first-order chi connectivity index (χ1) is 20.0. The van der Waals surface area contributed by atoms with E-state index in [1.165, 1.54) is 18.3 Å². The lowest BCUT2D eigenvalue weighted by Gasteiger charge is -2.49. The summed E-state index contributed by atoms with van der Waals surface area (Å²) in [5.41, 5.74) is 10.3. The van der Waals surface area contributed by atoms with Crippen LogP contribution in [0.25, 0.3) is 16.9 Å². The lowest BCUT2D eigenvalue weighted by Crippen LogP contribution is -2.58. The summed E-state index contributed by atoms with van der Waals surface area (Å²) < 4.78 is 21.2. The molecule has 2 aromatic heterocycles. The van der Waals surface area contributed by atoms with E-state index in [9.17, 15) is 14.0 Å². The summed E-state index contributed by atoms with van der Waals surface area (Å²) in [5.74, 6) is -0.724. The number of anilines is 2. The maximum absolute atomic E-state index is 13.7. The van der Waals surface area contributed by atoms with E-state index in [4.69, 9.17) is 22.1 Å². The molecule has 2 atom stereocenters. The first-order valence-corrected chi connectivity index (χ1v) is 14.1. The van der Waals surface area contributed by atoms with Crippen molar-refractivity contribution in [3.05, 3.63) is 88.0 Å². The standard InChI is InChI=1S/C31H28ClFN6O3/c1-30-14-38(15-31(30,2)42-16-30)25-12-23(24(32)13-35-25)29(41)36-19-7-3-17-4-10-21-26(28(34)40)37-39(27(21)22(17)11-19)20-8-5-18(33)6-9-20/h3,5-9,11-13H,4,10,14-16H2,1-2H3,(H2,34,40)(H,36,41)/t30-,31-/m1/s1. The van der Waals surface area contributed by atoms with Gasteiger partial charge in [-0.3, -0.25) is 9.59 Å². The smallest absolute Gasteiger partial charge is 0.269 e. The van der Waals surface area contributed by atoms with Gasteiger partial charge in [-0.25, -0.2) is 14.1 Å². The number of carbonyl (C=O) groups is 2. The number of rotatable bonds is 5. The topological polar surface area (TPSA) is 115 Å². The summed E-state index contributed by atoms with van der Waals surface area (Å²) in [6, 6.07) is 13.2. The Morgan fingerprint density at radius 1 is 1.10 bits per heavy atom. The number of nitrogens with zero attached hydrogens (tertiary/aromatic N) is 4. The Bertz CT molecular complexity index is 1770. The van der Waals surface area contributed by atoms with Crippen LogP contribution in [0.2, 0.25) is 5.02 Å². The quantitative estimate of drug-likeness (QED) is 0.347. The molecule has 2 amide bonds. The average Bonchev–Trinajstić information content (AvgIpc) is 3.44. The second kappa shape index (κ2) is 9.37. The number of aromatic nitrogens is 3. The molecule has 0 bridgehead atoms. The van der Waals surface area contributed by atoms with Gasteiger partial charge in [0.25, 0.3) is 11.8 Å². The summed E-state index contributed by atoms with van der Waals surface area (Å²) in [7, 11) is 0. The van der Waals surface area contributed by atoms with Crippen LogP contribution in [0.5, 0.6) is 0 Å². The monoisotopic (exact) mass is 586 g/mol. The molecule has 0 saturated carbocycles. The van der Waals surface area contributed by atoms with E-state index >= 15 is 0 Å². The lowest BCUT2D eigenvalue weighted by molar-refractivity contribution is -0.218. The highest BCUT2D eigenvalue weighted by Gasteiger charge is 2.60. The predicted octanol–water partition coefficient (Wildman–Crippen LogP) is 4.79. The molecule has 2 fully saturated rings. The van der Waals surface area contributed by atoms with Gasteiger partial charge in [0.05, 0.1) is 34.2 Å². The van der Waals surface area contributed by atoms with Gasteiger partial charge in [0.1, 0.15) is 11.6 Å². The Labute approximate surface area is 246 Å². The first-order valence-electron chi connectivity index (χ1n) is 13.7. The van der Waals surface area contributed by atoms with Crippen LogP contribution in [0.15, 0.2) is 54.7 Å². The van der Waals surface area contributed by atoms with E-state index in [0.29, 0.717) is 54.4 Å². The minimum atomic E-state index is -0.635. The fourth-order valence-electron chi connectivity index (χ4n) is 6.27. The molecular formula is C31H28ClFN6O3. The molecule has 0 radical (unpaired) electrons. The number of pyridine rings is 1. The zero-order valence-corrected chi connectivity index (χ0v) is 23.8. The molecule has 42 heavy (non-hydrogen) atoms. The van der Waals surface area contributed by atoms with Crippen molar-refractivity contribution in [2.24, 2.45) is 11.1 Å². The van der Waals surface area contributed by atoms with Crippen molar-refractivity contribution in [1.29, 1.82) is 0 Å². The Morgan fingerprint density at radius 2 is 1.88 bits per heavy atom. The minimum Gasteiger partial charge on any atom is -0.372 e. The molecule has 4 aromatic rings. The number of hydrogen-bond donors (Lipinski definition) is 2. The summed E-state index contributed by atoms with van der Waals surface area (Å²) >= 11 is 6.45. The van der Waals surface area contributed by atoms with Gasteiger partial charge in [-0.2, -0.15) is 5.10 Å². The summed E-state index contributed by atoms with van der Waals surface area (Å²) in [6.07, 6.45) is 2.74. The van der Waals surface area contributed by atoms with Crippen LogP contribution in [0.1, 0.15) is 45.8 Å². The molecule has 3 aliphatic rings. The number of ether oxygens (including phenoxy) is 1. The third-order valence-electron chi connectivity index (χ3n) is 8.98. The maximum atomic E-state index is 13.7. The first kappa shape index (κ1) is 26.6. The highest BCUT2D eigenvalue weighted by Crippen LogP contribution is 2.51. The highest BCUT2D eigenvalue weighted by molar-refractivity contribution is 6.34. The number of amides is 2. The number of hydrogen-bond acceptors (Lipinski definition) is 6. The van der Waals surface area contributed by atoms with E-state index in [1.807, 2.05) is 18.2 Å². The van der Waals surface area contributed by atoms with E-state index in [-0.39, 0.29) is 33.5 Å². The number of fused-ring (bicyclic) bond motifs is 4. The summed E-state index contributed by atoms with van der Waals surface area (Å²) in [4.78, 5) is 32.4. The van der Waals surface area contributed by atoms with Crippen molar-refractivity contribution >= 4 is 34.9 Å². The molecule has 0 spiro atoms. The van der Waals surface area contributed by atoms with E-state index in [1.54, 1.807) is 22.9 Å². The van der Waals surface area contributed by atoms with E-state index < -0.39 is 5.91 Å². The third kappa shape index (κ3) is 4.08. The number of aryl methyl sites for hydroxylation is 1. The second-order valence-corrected chi connectivity index (χ2v) is 12.1. The van der Waals surface area contributed by atoms with Crippen LogP contribution in [0, 0.1) is 11.2 Å². The van der Waals surface area contributed by atoms with Crippen LogP contribution in [-0.4, -0.2) is 51.9 Å². The molecular weight excluding hydrogens is 559 g/mol. The SMILES string of the molecule is C[C@@]12CO[C@]1(C)CN(c1cc(C(=O)Nc3ccc4c(c3)-c3c(c(C(N)=O)nn3-c3ccc(F)cc3)CC4)c(Cl)cn1)C2. The number of nitrogens with one attached hydrogen (secondary N) is 1. The third-order valence-corrected chi connectivity index (χ3v) is 9.28. The fourth-order valence-corrected chi connectivity index (χ4v) is 6.46. The normalized spacial score (nSPS) is 22.1. The van der Waals surface area contributed by atoms with Gasteiger partial charge >= 0.3 is 0 Å². The van der Waals surface area contributed by atoms with Gasteiger partial charge in [-0.1, -0.05) is 24.6 Å². The number of primary amides is 1. The highest BCUT2D eigenvalue weighted by atomic mass is 35.5. The molecule has 4 heterocycles. The molecule has 7 rings (SSSR count). The van der Waals surface area contributed by atoms with Gasteiger partial charge < -0.3 is 20.7 Å². The van der Waals surface area contributed by atoms with E-state index in [0.717, 1.165) is 23.2 Å². The Morgan fingerprint density at radius 3 is 2.55 bits per heavy atom. The van der Waals surface area contributed by atoms with Gasteiger partial charge in [0.2, 0.25) is 0 Å². The Balaban J connectivity index is 1.22. The largest absolute Gasteiger partial charge is 0.372 e. The lowest BCUT2D eigenvalue weighted by atomic mass is 9.73. The van der Waals surface area contributed by atoms with Crippen LogP contribution < -0.4 is 16.0 Å². The fraction of sp³-hybridized carbons (Fsp3) is 0.290. The van der Waals surface area contributed by atoms with Gasteiger partial charge in [-0.05, 0) is 67.8 Å². The van der Waals surface area contributed by atoms with Crippen molar-refractivity contribution in [2.45, 2.75) is 32.3 Å². The zero-order valence-electron chi connectivity index (χ0n) is 23.1. The van der Waals surface area contributed by atoms with Crippen molar-refractivity contribution in [3.63, 3.8) is 0 Å². The van der Waals surface area contributed by atoms with Crippen LogP contribution >= 0.6 is 11.6 Å². The van der Waals surface area contributed by atoms with E-state index in [2.05, 4.69) is 34.1 Å². The van der Waals surface area contributed by atoms with Crippen molar-refractivity contribution < 1.29 is 18.7 Å². The zero-order chi connectivity index (χ0) is 29.4. The van der Waals surface area contributed by atoms with Crippen molar-refractivity contribution in [3.8, 4) is 16.9 Å². The summed E-state index contributed by atoms with van der Waals surface area (Å²) in [6.45, 7) is 6.47. The summed E-state index contributed by atoms with van der Waals surface area (Å²) in [5, 5.41) is 7.72. The molecule has 0 unspecified atom stereocenters.